The molecule has 0 radical (unpaired) electrons. The second-order valence-corrected chi connectivity index (χ2v) is 17.6. The van der Waals surface area contributed by atoms with Crippen molar-refractivity contribution in [2.24, 2.45) is 0 Å². The Morgan fingerprint density at radius 2 is 1.20 bits per heavy atom. The van der Waals surface area contributed by atoms with Crippen LogP contribution in [0.5, 0.6) is 0 Å². The molecule has 0 unspecified atom stereocenters. The number of Topliss-reactive ketones (excluding diaryl/α,β-unsaturated/α-hetero) is 1. The fraction of sp³-hybridized carbons (Fsp3) is 0.115. The minimum Gasteiger partial charge on any atom is -0.871 e. The third-order valence-electron chi connectivity index (χ3n) is 11.8. The first-order valence-corrected chi connectivity index (χ1v) is 22.7. The van der Waals surface area contributed by atoms with E-state index in [2.05, 4.69) is 57.7 Å². The number of ether oxygens (including phenoxy) is 2. The van der Waals surface area contributed by atoms with Crippen molar-refractivity contribution in [3.05, 3.63) is 166 Å². The lowest BCUT2D eigenvalue weighted by atomic mass is 9.88. The summed E-state index contributed by atoms with van der Waals surface area (Å²) in [7, 11) is 0. The van der Waals surface area contributed by atoms with Crippen LogP contribution in [-0.2, 0) is 30.4 Å². The summed E-state index contributed by atoms with van der Waals surface area (Å²) in [5, 5.41) is 19.7. The number of rotatable bonds is 10. The number of thiazole rings is 1. The third kappa shape index (κ3) is 6.39. The molecule has 0 N–H and O–H groups in total. The molecule has 0 saturated heterocycles. The van der Waals surface area contributed by atoms with Crippen molar-refractivity contribution in [2.45, 2.75) is 25.3 Å². The highest BCUT2D eigenvalue weighted by atomic mass is 32.2. The smallest absolute Gasteiger partial charge is 0.372 e. The van der Waals surface area contributed by atoms with Crippen LogP contribution in [-0.4, -0.2) is 46.6 Å². The van der Waals surface area contributed by atoms with E-state index in [4.69, 9.17) is 9.47 Å². The molecule has 0 bridgehead atoms. The zero-order valence-corrected chi connectivity index (χ0v) is 36.4. The summed E-state index contributed by atoms with van der Waals surface area (Å²) in [6.45, 7) is 3.72. The molecular formula is C52H38N4O6S2. The van der Waals surface area contributed by atoms with Crippen molar-refractivity contribution < 1.29 is 33.5 Å². The number of benzene rings is 6. The van der Waals surface area contributed by atoms with E-state index >= 15 is 0 Å². The Labute approximate surface area is 375 Å². The van der Waals surface area contributed by atoms with Crippen molar-refractivity contribution in [3.63, 3.8) is 0 Å². The van der Waals surface area contributed by atoms with Gasteiger partial charge in [-0.25, -0.2) is 4.79 Å². The lowest BCUT2D eigenvalue weighted by Crippen LogP contribution is -2.40. The Morgan fingerprint density at radius 3 is 1.77 bits per heavy atom. The molecule has 0 atom stereocenters. The molecule has 11 rings (SSSR count). The molecule has 10 nitrogen and oxygen atoms in total. The van der Waals surface area contributed by atoms with E-state index in [1.54, 1.807) is 26.0 Å². The van der Waals surface area contributed by atoms with Gasteiger partial charge < -0.3 is 28.6 Å². The zero-order chi connectivity index (χ0) is 43.6. The van der Waals surface area contributed by atoms with E-state index in [0.717, 1.165) is 75.8 Å². The first-order valence-electron chi connectivity index (χ1n) is 21.0. The Morgan fingerprint density at radius 1 is 0.672 bits per heavy atom. The highest BCUT2D eigenvalue weighted by Crippen LogP contribution is 2.49. The number of ketones is 1. The lowest BCUT2D eigenvalue weighted by Gasteiger charge is -2.29. The van der Waals surface area contributed by atoms with Crippen LogP contribution < -0.4 is 14.6 Å². The third-order valence-corrected chi connectivity index (χ3v) is 14.0. The van der Waals surface area contributed by atoms with Gasteiger partial charge in [0.2, 0.25) is 12.1 Å². The van der Waals surface area contributed by atoms with Gasteiger partial charge in [0.05, 0.1) is 51.7 Å². The maximum Gasteiger partial charge on any atom is 0.372 e. The first kappa shape index (κ1) is 39.4. The second kappa shape index (κ2) is 15.7. The molecule has 3 aromatic heterocycles. The Kier molecular flexibility index (Phi) is 9.70. The number of nitrogens with zero attached hydrogens (tertiary/aromatic N) is 4. The largest absolute Gasteiger partial charge is 0.871 e. The molecule has 314 valence electrons. The number of carbonyl (C=O) groups is 3. The summed E-state index contributed by atoms with van der Waals surface area (Å²) in [4.78, 5) is 43.0. The van der Waals surface area contributed by atoms with Gasteiger partial charge in [-0.2, -0.15) is 4.57 Å². The van der Waals surface area contributed by atoms with Gasteiger partial charge in [-0.3, -0.25) is 9.59 Å². The van der Waals surface area contributed by atoms with Gasteiger partial charge in [0.1, 0.15) is 11.2 Å². The summed E-state index contributed by atoms with van der Waals surface area (Å²) in [5.74, 6) is -1.69. The number of hydrogen-bond donors (Lipinski definition) is 0. The van der Waals surface area contributed by atoms with Crippen LogP contribution in [0.1, 0.15) is 18.9 Å². The van der Waals surface area contributed by atoms with Crippen molar-refractivity contribution in [1.82, 2.24) is 9.13 Å². The van der Waals surface area contributed by atoms with Gasteiger partial charge in [0, 0.05) is 55.4 Å². The molecule has 9 aromatic rings. The second-order valence-electron chi connectivity index (χ2n) is 15.5. The topological polar surface area (TPSA) is 110 Å². The lowest BCUT2D eigenvalue weighted by molar-refractivity contribution is -0.657. The summed E-state index contributed by atoms with van der Waals surface area (Å²) in [6.07, 6.45) is 3.17. The monoisotopic (exact) mass is 878 g/mol. The fourth-order valence-corrected chi connectivity index (χ4v) is 11.2. The van der Waals surface area contributed by atoms with Crippen LogP contribution in [0.3, 0.4) is 0 Å². The SMILES string of the molecule is CCOC(=O)CN1/C(=C/C2=C([O-])C(=C/c3sc4ccc(-n5c6ccccc6c6ccccc65)cc4[n+]3CC(=O)OCC)/C2=O)Sc2ccc(-n3c4ccccc4c4ccccc43)cc21. The minimum atomic E-state index is -0.432. The van der Waals surface area contributed by atoms with Gasteiger partial charge in [-0.15, -0.1) is 0 Å². The van der Waals surface area contributed by atoms with Crippen molar-refractivity contribution >= 4 is 106 Å². The molecule has 4 heterocycles. The highest BCUT2D eigenvalue weighted by Gasteiger charge is 2.34. The molecule has 0 amide bonds. The van der Waals surface area contributed by atoms with Gasteiger partial charge in [-0.05, 0) is 74.5 Å². The van der Waals surface area contributed by atoms with Crippen LogP contribution in [0.15, 0.2) is 166 Å². The number of aromatic nitrogens is 3. The number of thioether (sulfide) groups is 1. The average Bonchev–Trinajstić information content (AvgIpc) is 4.04. The summed E-state index contributed by atoms with van der Waals surface area (Å²) >= 11 is 2.78. The van der Waals surface area contributed by atoms with Crippen molar-refractivity contribution in [2.75, 3.05) is 24.7 Å². The van der Waals surface area contributed by atoms with E-state index in [-0.39, 0.29) is 37.4 Å². The van der Waals surface area contributed by atoms with Gasteiger partial charge >= 0.3 is 11.9 Å². The van der Waals surface area contributed by atoms with E-state index in [1.165, 1.54) is 23.1 Å². The number of allylic oxidation sites excluding steroid dienone is 3. The first-order chi connectivity index (χ1) is 31.3. The molecule has 12 heteroatoms. The molecule has 1 aliphatic heterocycles. The standard InChI is InChI=1S/C52H38N4O6S2/c1-3-61-49(57)29-53-43-25-31(55-39-17-9-5-13-33(39)34-14-6-10-18-40(34)55)21-23-45(43)63-47(53)27-37-51(59)38(52(37)60)28-48-54(30-50(58)62-4-2)44-26-32(22-24-46(44)64-48)56-41-19-11-7-15-35(41)36-16-8-12-20-42(36)56/h5-28H,3-4,29-30H2,1-2H3. The molecule has 0 fully saturated rings. The van der Waals surface area contributed by atoms with Gasteiger partial charge in [0.15, 0.2) is 5.78 Å². The quantitative estimate of drug-likeness (QED) is 0.0760. The normalized spacial score (nSPS) is 15.1. The molecule has 1 aliphatic carbocycles. The molecule has 0 saturated carbocycles. The Balaban J connectivity index is 0.979. The predicted octanol–water partition coefficient (Wildman–Crippen LogP) is 9.54. The van der Waals surface area contributed by atoms with Crippen LogP contribution >= 0.6 is 23.1 Å². The molecule has 6 aromatic carbocycles. The molecule has 64 heavy (non-hydrogen) atoms. The maximum absolute atomic E-state index is 14.0. The average molecular weight is 879 g/mol. The number of carbonyl (C=O) groups excluding carboxylic acids is 3. The Bertz CT molecular complexity index is 3450. The van der Waals surface area contributed by atoms with E-state index in [1.807, 2.05) is 94.4 Å². The number of anilines is 1. The van der Waals surface area contributed by atoms with Crippen molar-refractivity contribution in [1.29, 1.82) is 0 Å². The van der Waals surface area contributed by atoms with Gasteiger partial charge in [0.25, 0.3) is 5.01 Å². The van der Waals surface area contributed by atoms with E-state index in [9.17, 15) is 19.5 Å². The molecule has 0 spiro atoms. The van der Waals surface area contributed by atoms with Crippen molar-refractivity contribution in [3.8, 4) is 11.4 Å². The van der Waals surface area contributed by atoms with Crippen LogP contribution in [0.2, 0.25) is 0 Å². The predicted molar refractivity (Wildman–Crippen MR) is 252 cm³/mol. The van der Waals surface area contributed by atoms with Crippen LogP contribution in [0.4, 0.5) is 5.69 Å². The summed E-state index contributed by atoms with van der Waals surface area (Å²) in [6, 6.07) is 45.2. The Hall–Kier alpha value is -7.41. The maximum atomic E-state index is 14.0. The van der Waals surface area contributed by atoms with E-state index in [0.29, 0.717) is 10.0 Å². The zero-order valence-electron chi connectivity index (χ0n) is 34.7. The van der Waals surface area contributed by atoms with Gasteiger partial charge in [-0.1, -0.05) is 102 Å². The van der Waals surface area contributed by atoms with E-state index < -0.39 is 23.5 Å². The number of para-hydroxylation sites is 4. The fourth-order valence-electron chi connectivity index (χ4n) is 9.01. The molecule has 2 aliphatic rings. The van der Waals surface area contributed by atoms with Crippen LogP contribution in [0, 0.1) is 0 Å². The highest BCUT2D eigenvalue weighted by molar-refractivity contribution is 8.03. The summed E-state index contributed by atoms with van der Waals surface area (Å²) in [5.41, 5.74) is 7.58. The molecular weight excluding hydrogens is 841 g/mol. The number of esters is 2. The number of fused-ring (bicyclic) bond motifs is 8. The van der Waals surface area contributed by atoms with Crippen LogP contribution in [0.25, 0.3) is 71.3 Å². The number of hydrogen-bond acceptors (Lipinski definition) is 9. The summed E-state index contributed by atoms with van der Waals surface area (Å²) < 4.78 is 17.9. The minimum absolute atomic E-state index is 0.0183.